The normalized spacial score (nSPS) is 10.1. The van der Waals surface area contributed by atoms with Gasteiger partial charge in [0.1, 0.15) is 0 Å². The van der Waals surface area contributed by atoms with Crippen LogP contribution in [0, 0.1) is 13.8 Å². The predicted molar refractivity (Wildman–Crippen MR) is 87.9 cm³/mol. The summed E-state index contributed by atoms with van der Waals surface area (Å²) >= 11 is 0. The fourth-order valence-electron chi connectivity index (χ4n) is 2.25. The molecule has 0 aliphatic heterocycles. The van der Waals surface area contributed by atoms with Gasteiger partial charge < -0.3 is 16.4 Å². The number of carbonyl (C=O) groups is 2. The van der Waals surface area contributed by atoms with Gasteiger partial charge in [-0.1, -0.05) is 18.2 Å². The summed E-state index contributed by atoms with van der Waals surface area (Å²) in [5, 5.41) is 5.54. The van der Waals surface area contributed by atoms with Crippen molar-refractivity contribution in [2.45, 2.75) is 20.3 Å². The second-order valence-corrected chi connectivity index (χ2v) is 5.30. The highest BCUT2D eigenvalue weighted by Gasteiger charge is 2.04. The molecule has 0 radical (unpaired) electrons. The van der Waals surface area contributed by atoms with Gasteiger partial charge in [-0.15, -0.1) is 0 Å². The first kappa shape index (κ1) is 15.6. The highest BCUT2D eigenvalue weighted by atomic mass is 16.2. The molecule has 0 aliphatic carbocycles. The van der Waals surface area contributed by atoms with E-state index in [1.807, 2.05) is 32.0 Å². The molecule has 3 amide bonds. The minimum Gasteiger partial charge on any atom is -0.369 e. The van der Waals surface area contributed by atoms with Crippen molar-refractivity contribution in [1.29, 1.82) is 0 Å². The maximum absolute atomic E-state index is 12.0. The van der Waals surface area contributed by atoms with Crippen molar-refractivity contribution in [3.8, 4) is 0 Å². The van der Waals surface area contributed by atoms with Gasteiger partial charge in [0, 0.05) is 11.4 Å². The first-order chi connectivity index (χ1) is 10.4. The van der Waals surface area contributed by atoms with Gasteiger partial charge in [0.15, 0.2) is 0 Å². The van der Waals surface area contributed by atoms with Crippen LogP contribution in [0.4, 0.5) is 16.2 Å². The summed E-state index contributed by atoms with van der Waals surface area (Å²) in [5.74, 6) is -0.381. The molecule has 5 nitrogen and oxygen atoms in total. The van der Waals surface area contributed by atoms with Gasteiger partial charge in [0.2, 0.25) is 5.91 Å². The lowest BCUT2D eigenvalue weighted by atomic mass is 10.1. The number of hydrogen-bond donors (Lipinski definition) is 3. The van der Waals surface area contributed by atoms with Crippen LogP contribution >= 0.6 is 0 Å². The molecule has 22 heavy (non-hydrogen) atoms. The van der Waals surface area contributed by atoms with Crippen LogP contribution in [0.1, 0.15) is 16.7 Å². The molecular formula is C17H19N3O2. The lowest BCUT2D eigenvalue weighted by Gasteiger charge is -2.09. The van der Waals surface area contributed by atoms with E-state index in [1.165, 1.54) is 0 Å². The zero-order valence-corrected chi connectivity index (χ0v) is 12.6. The summed E-state index contributed by atoms with van der Waals surface area (Å²) in [6.45, 7) is 3.96. The maximum atomic E-state index is 12.0. The molecule has 2 aromatic rings. The second-order valence-electron chi connectivity index (χ2n) is 5.30. The molecule has 5 heteroatoms. The SMILES string of the molecule is Cc1cc(C)cc(NC(=O)Nc2ccc(CC(N)=O)cc2)c1. The summed E-state index contributed by atoms with van der Waals surface area (Å²) in [6, 6.07) is 12.5. The largest absolute Gasteiger partial charge is 0.369 e. The van der Waals surface area contributed by atoms with Gasteiger partial charge in [-0.2, -0.15) is 0 Å². The molecular weight excluding hydrogens is 278 g/mol. The Labute approximate surface area is 129 Å². The molecule has 0 heterocycles. The van der Waals surface area contributed by atoms with Crippen molar-refractivity contribution < 1.29 is 9.59 Å². The number of nitrogens with one attached hydrogen (secondary N) is 2. The average Bonchev–Trinajstić information content (AvgIpc) is 2.39. The number of anilines is 2. The zero-order valence-electron chi connectivity index (χ0n) is 12.6. The van der Waals surface area contributed by atoms with Gasteiger partial charge in [0.05, 0.1) is 6.42 Å². The highest BCUT2D eigenvalue weighted by molar-refractivity contribution is 5.99. The monoisotopic (exact) mass is 297 g/mol. The van der Waals surface area contributed by atoms with Crippen LogP contribution in [0.5, 0.6) is 0 Å². The fraction of sp³-hybridized carbons (Fsp3) is 0.176. The number of urea groups is 1. The molecule has 2 aromatic carbocycles. The minimum absolute atomic E-state index is 0.190. The van der Waals surface area contributed by atoms with Gasteiger partial charge in [-0.3, -0.25) is 4.79 Å². The van der Waals surface area contributed by atoms with Crippen LogP contribution in [-0.4, -0.2) is 11.9 Å². The Bertz CT molecular complexity index is 673. The molecule has 0 bridgehead atoms. The molecule has 0 aliphatic rings. The molecule has 0 atom stereocenters. The molecule has 114 valence electrons. The number of primary amides is 1. The Kier molecular flexibility index (Phi) is 4.78. The highest BCUT2D eigenvalue weighted by Crippen LogP contribution is 2.15. The Morgan fingerprint density at radius 1 is 0.909 bits per heavy atom. The Morgan fingerprint density at radius 3 is 2.00 bits per heavy atom. The van der Waals surface area contributed by atoms with Gasteiger partial charge in [0.25, 0.3) is 0 Å². The van der Waals surface area contributed by atoms with E-state index in [-0.39, 0.29) is 18.4 Å². The molecule has 4 N–H and O–H groups in total. The van der Waals surface area contributed by atoms with Crippen LogP contribution in [0.25, 0.3) is 0 Å². The molecule has 0 saturated carbocycles. The quantitative estimate of drug-likeness (QED) is 0.810. The summed E-state index contributed by atoms with van der Waals surface area (Å²) < 4.78 is 0. The average molecular weight is 297 g/mol. The number of aryl methyl sites for hydroxylation is 2. The van der Waals surface area contributed by atoms with E-state index in [0.717, 1.165) is 22.4 Å². The maximum Gasteiger partial charge on any atom is 0.323 e. The number of hydrogen-bond acceptors (Lipinski definition) is 2. The van der Waals surface area contributed by atoms with E-state index in [2.05, 4.69) is 10.6 Å². The van der Waals surface area contributed by atoms with Crippen LogP contribution in [0.15, 0.2) is 42.5 Å². The fourth-order valence-corrected chi connectivity index (χ4v) is 2.25. The predicted octanol–water partition coefficient (Wildman–Crippen LogP) is 2.98. The summed E-state index contributed by atoms with van der Waals surface area (Å²) in [5.41, 5.74) is 9.52. The third kappa shape index (κ3) is 4.63. The molecule has 0 unspecified atom stereocenters. The first-order valence-corrected chi connectivity index (χ1v) is 6.96. The standard InChI is InChI=1S/C17H19N3O2/c1-11-7-12(2)9-15(8-11)20-17(22)19-14-5-3-13(4-6-14)10-16(18)21/h3-9H,10H2,1-2H3,(H2,18,21)(H2,19,20,22). The number of carbonyl (C=O) groups excluding carboxylic acids is 2. The summed E-state index contributed by atoms with van der Waals surface area (Å²) in [4.78, 5) is 22.8. The second kappa shape index (κ2) is 6.76. The number of benzene rings is 2. The summed E-state index contributed by atoms with van der Waals surface area (Å²) in [7, 11) is 0. The van der Waals surface area contributed by atoms with E-state index in [4.69, 9.17) is 5.73 Å². The van der Waals surface area contributed by atoms with Crippen LogP contribution in [0.3, 0.4) is 0 Å². The van der Waals surface area contributed by atoms with Crippen molar-refractivity contribution in [2.24, 2.45) is 5.73 Å². The van der Waals surface area contributed by atoms with E-state index < -0.39 is 0 Å². The number of nitrogens with two attached hydrogens (primary N) is 1. The molecule has 2 rings (SSSR count). The topological polar surface area (TPSA) is 84.2 Å². The van der Waals surface area contributed by atoms with Gasteiger partial charge in [-0.25, -0.2) is 4.79 Å². The van der Waals surface area contributed by atoms with E-state index in [9.17, 15) is 9.59 Å². The van der Waals surface area contributed by atoms with Crippen LogP contribution in [-0.2, 0) is 11.2 Å². The van der Waals surface area contributed by atoms with Gasteiger partial charge in [-0.05, 0) is 54.8 Å². The molecule has 0 aromatic heterocycles. The minimum atomic E-state index is -0.381. The third-order valence-electron chi connectivity index (χ3n) is 3.07. The molecule has 0 saturated heterocycles. The van der Waals surface area contributed by atoms with Crippen molar-refractivity contribution >= 4 is 23.3 Å². The molecule has 0 spiro atoms. The smallest absolute Gasteiger partial charge is 0.323 e. The lowest BCUT2D eigenvalue weighted by Crippen LogP contribution is -2.19. The number of rotatable bonds is 4. The molecule has 0 fully saturated rings. The lowest BCUT2D eigenvalue weighted by molar-refractivity contribution is -0.117. The van der Waals surface area contributed by atoms with E-state index in [1.54, 1.807) is 24.3 Å². The van der Waals surface area contributed by atoms with Crippen LogP contribution in [0.2, 0.25) is 0 Å². The number of amides is 3. The van der Waals surface area contributed by atoms with E-state index >= 15 is 0 Å². The van der Waals surface area contributed by atoms with Crippen molar-refractivity contribution in [3.63, 3.8) is 0 Å². The van der Waals surface area contributed by atoms with E-state index in [0.29, 0.717) is 5.69 Å². The van der Waals surface area contributed by atoms with Gasteiger partial charge >= 0.3 is 6.03 Å². The van der Waals surface area contributed by atoms with Crippen molar-refractivity contribution in [1.82, 2.24) is 0 Å². The first-order valence-electron chi connectivity index (χ1n) is 6.96. The zero-order chi connectivity index (χ0) is 16.1. The Morgan fingerprint density at radius 2 is 1.45 bits per heavy atom. The summed E-state index contributed by atoms with van der Waals surface area (Å²) in [6.07, 6.45) is 0.190. The third-order valence-corrected chi connectivity index (χ3v) is 3.07. The van der Waals surface area contributed by atoms with Crippen molar-refractivity contribution in [3.05, 3.63) is 59.2 Å². The Balaban J connectivity index is 1.98. The van der Waals surface area contributed by atoms with Crippen molar-refractivity contribution in [2.75, 3.05) is 10.6 Å². The Hall–Kier alpha value is -2.82. The van der Waals surface area contributed by atoms with Crippen LogP contribution < -0.4 is 16.4 Å².